The lowest BCUT2D eigenvalue weighted by Gasteiger charge is -2.34. The molecule has 1 nitrogen and oxygen atoms in total. The Morgan fingerprint density at radius 1 is 0.720 bits per heavy atom. The van der Waals surface area contributed by atoms with E-state index in [1.807, 2.05) is 18.2 Å². The minimum atomic E-state index is -0.230. The minimum absolute atomic E-state index is 0.230. The molecule has 0 aliphatic heterocycles. The average Bonchev–Trinajstić information content (AvgIpc) is 2.69. The zero-order chi connectivity index (χ0) is 17.4. The summed E-state index contributed by atoms with van der Waals surface area (Å²) < 4.78 is 0. The van der Waals surface area contributed by atoms with Crippen LogP contribution < -0.4 is 5.32 Å². The molecule has 1 heteroatoms. The largest absolute Gasteiger partial charge is 0.311 e. The molecule has 0 aliphatic carbocycles. The van der Waals surface area contributed by atoms with Crippen molar-refractivity contribution in [2.24, 2.45) is 0 Å². The molecule has 0 aromatic heterocycles. The number of nitrogens with one attached hydrogen (secondary N) is 1. The van der Waals surface area contributed by atoms with Crippen molar-refractivity contribution in [2.75, 3.05) is 6.54 Å². The van der Waals surface area contributed by atoms with Crippen molar-refractivity contribution in [1.82, 2.24) is 5.32 Å². The van der Waals surface area contributed by atoms with Gasteiger partial charge in [0.15, 0.2) is 0 Å². The Bertz CT molecular complexity index is 761. The maximum absolute atomic E-state index is 5.79. The molecule has 0 unspecified atom stereocenters. The van der Waals surface area contributed by atoms with E-state index in [-0.39, 0.29) is 5.41 Å². The van der Waals surface area contributed by atoms with Crippen LogP contribution in [0.5, 0.6) is 0 Å². The Balaban J connectivity index is 1.92. The maximum atomic E-state index is 5.79. The van der Waals surface area contributed by atoms with Crippen molar-refractivity contribution in [2.45, 2.75) is 18.4 Å². The third-order valence-corrected chi connectivity index (χ3v) is 4.66. The smallest absolute Gasteiger partial charge is 0.0436 e. The number of benzene rings is 3. The Morgan fingerprint density at radius 2 is 1.20 bits per heavy atom. The first kappa shape index (κ1) is 17.0. The van der Waals surface area contributed by atoms with E-state index >= 15 is 0 Å². The number of rotatable bonds is 7. The molecule has 25 heavy (non-hydrogen) atoms. The molecule has 0 saturated heterocycles. The van der Waals surface area contributed by atoms with E-state index < -0.39 is 0 Å². The van der Waals surface area contributed by atoms with Crippen LogP contribution in [0.2, 0.25) is 0 Å². The van der Waals surface area contributed by atoms with Gasteiger partial charge in [0.2, 0.25) is 0 Å². The Hall–Kier alpha value is -2.82. The predicted octanol–water partition coefficient (Wildman–Crippen LogP) is 4.79. The van der Waals surface area contributed by atoms with Gasteiger partial charge in [-0.1, -0.05) is 91.0 Å². The van der Waals surface area contributed by atoms with Crippen LogP contribution >= 0.6 is 0 Å². The summed E-state index contributed by atoms with van der Waals surface area (Å²) in [6, 6.07) is 31.6. The molecule has 3 rings (SSSR count). The third kappa shape index (κ3) is 3.99. The van der Waals surface area contributed by atoms with Gasteiger partial charge in [-0.25, -0.2) is 0 Å². The van der Waals surface area contributed by atoms with Gasteiger partial charge in [0.1, 0.15) is 0 Å². The average molecular weight is 325 g/mol. The van der Waals surface area contributed by atoms with Crippen molar-refractivity contribution < 1.29 is 0 Å². The lowest BCUT2D eigenvalue weighted by Crippen LogP contribution is -2.39. The molecule has 0 amide bonds. The molecule has 1 N–H and O–H groups in total. The van der Waals surface area contributed by atoms with E-state index in [0.29, 0.717) is 6.42 Å². The Labute approximate surface area is 150 Å². The second kappa shape index (κ2) is 8.33. The highest BCUT2D eigenvalue weighted by atomic mass is 14.9. The van der Waals surface area contributed by atoms with Crippen LogP contribution in [0, 0.1) is 12.3 Å². The van der Waals surface area contributed by atoms with Crippen molar-refractivity contribution in [3.05, 3.63) is 108 Å². The molecule has 0 bridgehead atoms. The molecule has 0 heterocycles. The molecular formula is C24H23N. The molecule has 0 atom stereocenters. The Morgan fingerprint density at radius 3 is 1.68 bits per heavy atom. The molecule has 3 aromatic carbocycles. The van der Waals surface area contributed by atoms with Crippen LogP contribution in [0.1, 0.15) is 23.1 Å². The highest BCUT2D eigenvalue weighted by Gasteiger charge is 2.33. The first-order valence-corrected chi connectivity index (χ1v) is 8.64. The fraction of sp³-hybridized carbons (Fsp3) is 0.167. The summed E-state index contributed by atoms with van der Waals surface area (Å²) >= 11 is 0. The van der Waals surface area contributed by atoms with Crippen LogP contribution in [-0.2, 0) is 12.0 Å². The predicted molar refractivity (Wildman–Crippen MR) is 105 cm³/mol. The number of terminal acetylenes is 1. The number of hydrogen-bond acceptors (Lipinski definition) is 1. The van der Waals surface area contributed by atoms with Gasteiger partial charge in [-0.2, -0.15) is 0 Å². The molecule has 0 radical (unpaired) electrons. The zero-order valence-corrected chi connectivity index (χ0v) is 14.4. The molecule has 0 spiro atoms. The molecule has 0 fully saturated rings. The Kier molecular flexibility index (Phi) is 5.67. The van der Waals surface area contributed by atoms with Gasteiger partial charge < -0.3 is 5.32 Å². The summed E-state index contributed by atoms with van der Waals surface area (Å²) in [7, 11) is 0. The van der Waals surface area contributed by atoms with E-state index in [1.165, 1.54) is 16.7 Å². The third-order valence-electron chi connectivity index (χ3n) is 4.66. The van der Waals surface area contributed by atoms with Gasteiger partial charge >= 0.3 is 0 Å². The molecule has 3 aromatic rings. The topological polar surface area (TPSA) is 12.0 Å². The van der Waals surface area contributed by atoms with Gasteiger partial charge in [-0.3, -0.25) is 0 Å². The summed E-state index contributed by atoms with van der Waals surface area (Å²) in [5.74, 6) is 2.91. The summed E-state index contributed by atoms with van der Waals surface area (Å²) in [5, 5.41) is 3.63. The maximum Gasteiger partial charge on any atom is 0.0436 e. The monoisotopic (exact) mass is 325 g/mol. The van der Waals surface area contributed by atoms with E-state index in [0.717, 1.165) is 13.1 Å². The van der Waals surface area contributed by atoms with Crippen LogP contribution in [0.15, 0.2) is 91.0 Å². The van der Waals surface area contributed by atoms with Crippen molar-refractivity contribution in [3.8, 4) is 12.3 Å². The molecular weight excluding hydrogens is 302 g/mol. The standard InChI is InChI=1S/C24H23N/c1-2-18-24(22-14-8-4-9-15-22,23-16-10-5-11-17-23)20-25-19-21-12-6-3-7-13-21/h1,3-17,25H,18-20H2. The van der Waals surface area contributed by atoms with E-state index in [2.05, 4.69) is 84.0 Å². The minimum Gasteiger partial charge on any atom is -0.311 e. The summed E-state index contributed by atoms with van der Waals surface area (Å²) in [4.78, 5) is 0. The van der Waals surface area contributed by atoms with Crippen LogP contribution in [-0.4, -0.2) is 6.54 Å². The second-order valence-electron chi connectivity index (χ2n) is 6.28. The van der Waals surface area contributed by atoms with Crippen molar-refractivity contribution >= 4 is 0 Å². The highest BCUT2D eigenvalue weighted by molar-refractivity contribution is 5.41. The van der Waals surface area contributed by atoms with Crippen LogP contribution in [0.4, 0.5) is 0 Å². The van der Waals surface area contributed by atoms with E-state index in [4.69, 9.17) is 6.42 Å². The molecule has 0 aliphatic rings. The summed E-state index contributed by atoms with van der Waals surface area (Å²) in [5.41, 5.74) is 3.55. The normalized spacial score (nSPS) is 11.0. The second-order valence-corrected chi connectivity index (χ2v) is 6.28. The lowest BCUT2D eigenvalue weighted by molar-refractivity contribution is 0.472. The summed E-state index contributed by atoms with van der Waals surface area (Å²) in [6.45, 7) is 1.62. The first-order chi connectivity index (χ1) is 12.3. The van der Waals surface area contributed by atoms with Gasteiger partial charge in [0.25, 0.3) is 0 Å². The van der Waals surface area contributed by atoms with Crippen molar-refractivity contribution in [1.29, 1.82) is 0 Å². The van der Waals surface area contributed by atoms with Crippen LogP contribution in [0.3, 0.4) is 0 Å². The van der Waals surface area contributed by atoms with Crippen LogP contribution in [0.25, 0.3) is 0 Å². The van der Waals surface area contributed by atoms with E-state index in [1.54, 1.807) is 0 Å². The fourth-order valence-electron chi connectivity index (χ4n) is 3.34. The first-order valence-electron chi connectivity index (χ1n) is 8.64. The van der Waals surface area contributed by atoms with Gasteiger partial charge in [-0.15, -0.1) is 12.3 Å². The van der Waals surface area contributed by atoms with E-state index in [9.17, 15) is 0 Å². The highest BCUT2D eigenvalue weighted by Crippen LogP contribution is 2.35. The number of hydrogen-bond donors (Lipinski definition) is 1. The zero-order valence-electron chi connectivity index (χ0n) is 14.4. The van der Waals surface area contributed by atoms with Gasteiger partial charge in [0.05, 0.1) is 0 Å². The summed E-state index contributed by atoms with van der Waals surface area (Å²) in [6.07, 6.45) is 6.45. The SMILES string of the molecule is C#CCC(CNCc1ccccc1)(c1ccccc1)c1ccccc1. The molecule has 0 saturated carbocycles. The van der Waals surface area contributed by atoms with Gasteiger partial charge in [0, 0.05) is 24.9 Å². The lowest BCUT2D eigenvalue weighted by atomic mass is 9.72. The van der Waals surface area contributed by atoms with Crippen molar-refractivity contribution in [3.63, 3.8) is 0 Å². The fourth-order valence-corrected chi connectivity index (χ4v) is 3.34. The quantitative estimate of drug-likeness (QED) is 0.616. The molecule has 124 valence electrons. The van der Waals surface area contributed by atoms with Gasteiger partial charge in [-0.05, 0) is 16.7 Å².